The molecule has 1 atom stereocenters. The molecule has 0 bridgehead atoms. The Kier molecular flexibility index (Phi) is 3.62. The van der Waals surface area contributed by atoms with E-state index in [0.717, 1.165) is 6.07 Å². The molecule has 0 N–H and O–H groups in total. The van der Waals surface area contributed by atoms with Crippen LogP contribution >= 0.6 is 0 Å². The molecule has 0 saturated heterocycles. The minimum atomic E-state index is -4.62. The highest BCUT2D eigenvalue weighted by atomic mass is 19.4. The van der Waals surface area contributed by atoms with E-state index in [4.69, 9.17) is 8.83 Å². The van der Waals surface area contributed by atoms with Gasteiger partial charge in [-0.05, 0) is 36.8 Å². The van der Waals surface area contributed by atoms with Crippen LogP contribution in [0.1, 0.15) is 29.3 Å². The Morgan fingerprint density at radius 1 is 1.16 bits per heavy atom. The molecule has 32 heavy (non-hydrogen) atoms. The molecule has 1 spiro atoms. The van der Waals surface area contributed by atoms with Crippen molar-refractivity contribution in [2.45, 2.75) is 31.1 Å². The molecule has 0 radical (unpaired) electrons. The first-order valence-electron chi connectivity index (χ1n) is 9.85. The average Bonchev–Trinajstić information content (AvgIpc) is 3.53. The Morgan fingerprint density at radius 2 is 2.00 bits per heavy atom. The molecule has 0 fully saturated rings. The predicted octanol–water partition coefficient (Wildman–Crippen LogP) is 3.84. The summed E-state index contributed by atoms with van der Waals surface area (Å²) in [5.41, 5.74) is 0.288. The number of hydrogen-bond donors (Lipinski definition) is 0. The maximum Gasteiger partial charge on any atom is 0.449 e. The van der Waals surface area contributed by atoms with Crippen LogP contribution in [0.15, 0.2) is 62.5 Å². The van der Waals surface area contributed by atoms with E-state index in [2.05, 4.69) is 4.98 Å². The lowest BCUT2D eigenvalue weighted by atomic mass is 9.80. The molecule has 4 aromatic rings. The van der Waals surface area contributed by atoms with E-state index in [-0.39, 0.29) is 23.8 Å². The Labute approximate surface area is 177 Å². The monoisotopic (exact) mass is 441 g/mol. The summed E-state index contributed by atoms with van der Waals surface area (Å²) < 4.78 is 50.8. The van der Waals surface area contributed by atoms with E-state index in [9.17, 15) is 22.8 Å². The van der Waals surface area contributed by atoms with Crippen LogP contribution in [-0.2, 0) is 29.5 Å². The third-order valence-electron chi connectivity index (χ3n) is 6.22. The highest BCUT2D eigenvalue weighted by Crippen LogP contribution is 2.50. The van der Waals surface area contributed by atoms with Gasteiger partial charge in [-0.15, -0.1) is 0 Å². The standard InChI is InChI=1S/C22H14F3N3O4/c23-22(24,25)17-4-3-12(32-17)11-28-14-2-1-7-26-18(14)21(20(28)30)6-8-27-16(21)10-15-13(19(27)29)5-9-31-15/h1-5,7,9-10H,6,8,11H2. The van der Waals surface area contributed by atoms with Gasteiger partial charge in [0, 0.05) is 24.5 Å². The van der Waals surface area contributed by atoms with E-state index < -0.39 is 17.4 Å². The highest BCUT2D eigenvalue weighted by molar-refractivity contribution is 6.10. The van der Waals surface area contributed by atoms with Crippen LogP contribution in [0.3, 0.4) is 0 Å². The molecule has 0 aliphatic carbocycles. The minimum absolute atomic E-state index is 0.00518. The van der Waals surface area contributed by atoms with Crippen molar-refractivity contribution in [3.05, 3.63) is 82.1 Å². The Morgan fingerprint density at radius 3 is 2.78 bits per heavy atom. The molecule has 0 aromatic carbocycles. The second kappa shape index (κ2) is 6.12. The van der Waals surface area contributed by atoms with Gasteiger partial charge >= 0.3 is 6.18 Å². The van der Waals surface area contributed by atoms with Crippen molar-refractivity contribution >= 4 is 22.6 Å². The first-order valence-corrected chi connectivity index (χ1v) is 9.85. The maximum absolute atomic E-state index is 13.8. The van der Waals surface area contributed by atoms with Crippen molar-refractivity contribution in [3.8, 4) is 0 Å². The number of hydrogen-bond acceptors (Lipinski definition) is 5. The lowest BCUT2D eigenvalue weighted by Gasteiger charge is -2.23. The summed E-state index contributed by atoms with van der Waals surface area (Å²) in [6.45, 7) is 0.117. The molecule has 2 aliphatic rings. The van der Waals surface area contributed by atoms with E-state index in [0.29, 0.717) is 41.0 Å². The quantitative estimate of drug-likeness (QED) is 0.472. The summed E-state index contributed by atoms with van der Waals surface area (Å²) in [6, 6.07) is 8.65. The lowest BCUT2D eigenvalue weighted by molar-refractivity contribution is -0.153. The molecule has 1 amide bonds. The first kappa shape index (κ1) is 18.9. The van der Waals surface area contributed by atoms with Gasteiger partial charge in [-0.25, -0.2) is 0 Å². The van der Waals surface area contributed by atoms with E-state index in [1.165, 1.54) is 17.2 Å². The maximum atomic E-state index is 13.8. The van der Waals surface area contributed by atoms with Gasteiger partial charge in [0.1, 0.15) is 16.8 Å². The first-order chi connectivity index (χ1) is 15.3. The van der Waals surface area contributed by atoms with Crippen LogP contribution in [0.4, 0.5) is 18.9 Å². The number of pyridine rings is 2. The van der Waals surface area contributed by atoms with E-state index in [1.807, 2.05) is 0 Å². The topological polar surface area (TPSA) is 81.5 Å². The summed E-state index contributed by atoms with van der Waals surface area (Å²) in [5.74, 6) is -1.50. The summed E-state index contributed by atoms with van der Waals surface area (Å²) in [5, 5.41) is 0.421. The predicted molar refractivity (Wildman–Crippen MR) is 105 cm³/mol. The van der Waals surface area contributed by atoms with Crippen LogP contribution in [0, 0.1) is 0 Å². The van der Waals surface area contributed by atoms with Crippen molar-refractivity contribution in [2.24, 2.45) is 0 Å². The van der Waals surface area contributed by atoms with Gasteiger partial charge < -0.3 is 18.3 Å². The number of carbonyl (C=O) groups is 1. The smallest absolute Gasteiger partial charge is 0.449 e. The molecular weight excluding hydrogens is 427 g/mol. The fourth-order valence-corrected chi connectivity index (χ4v) is 4.82. The molecule has 10 heteroatoms. The SMILES string of the molecule is O=C1N(Cc2ccc(C(F)(F)F)o2)c2cccnc2C12CCn1c2cc2occc2c1=O. The zero-order chi connectivity index (χ0) is 22.3. The number of furan rings is 2. The van der Waals surface area contributed by atoms with Crippen LogP contribution in [0.25, 0.3) is 11.0 Å². The normalized spacial score (nSPS) is 19.8. The van der Waals surface area contributed by atoms with Gasteiger partial charge in [0.2, 0.25) is 11.7 Å². The van der Waals surface area contributed by atoms with Crippen molar-refractivity contribution < 1.29 is 26.8 Å². The van der Waals surface area contributed by atoms with E-state index >= 15 is 0 Å². The summed E-state index contributed by atoms with van der Waals surface area (Å²) in [4.78, 5) is 32.6. The Balaban J connectivity index is 1.50. The number of rotatable bonds is 2. The Bertz CT molecular complexity index is 1470. The van der Waals surface area contributed by atoms with Crippen LogP contribution in [0.5, 0.6) is 0 Å². The molecule has 1 unspecified atom stereocenters. The zero-order valence-corrected chi connectivity index (χ0v) is 16.3. The van der Waals surface area contributed by atoms with Gasteiger partial charge in [-0.2, -0.15) is 13.2 Å². The minimum Gasteiger partial charge on any atom is -0.464 e. The molecule has 6 heterocycles. The third-order valence-corrected chi connectivity index (χ3v) is 6.22. The molecular formula is C22H14F3N3O4. The number of halogens is 3. The number of fused-ring (bicyclic) bond motifs is 5. The van der Waals surface area contributed by atoms with E-state index in [1.54, 1.807) is 35.0 Å². The van der Waals surface area contributed by atoms with Gasteiger partial charge in [0.05, 0.1) is 29.6 Å². The van der Waals surface area contributed by atoms with Gasteiger partial charge in [0.25, 0.3) is 5.56 Å². The third kappa shape index (κ3) is 2.34. The fraction of sp³-hybridized carbons (Fsp3) is 0.227. The Hall–Kier alpha value is -3.82. The number of alkyl halides is 3. The van der Waals surface area contributed by atoms with Gasteiger partial charge in [-0.1, -0.05) is 0 Å². The summed E-state index contributed by atoms with van der Waals surface area (Å²) in [7, 11) is 0. The molecule has 4 aromatic heterocycles. The number of aromatic nitrogens is 2. The van der Waals surface area contributed by atoms with Crippen LogP contribution in [-0.4, -0.2) is 15.5 Å². The lowest BCUT2D eigenvalue weighted by Crippen LogP contribution is -2.40. The number of nitrogens with zero attached hydrogens (tertiary/aromatic N) is 3. The molecule has 0 saturated carbocycles. The second-order valence-corrected chi connectivity index (χ2v) is 7.87. The van der Waals surface area contributed by atoms with Crippen molar-refractivity contribution in [3.63, 3.8) is 0 Å². The molecule has 162 valence electrons. The summed E-state index contributed by atoms with van der Waals surface area (Å²) in [6.07, 6.45) is -1.34. The van der Waals surface area contributed by atoms with Gasteiger partial charge in [0.15, 0.2) is 0 Å². The van der Waals surface area contributed by atoms with Crippen LogP contribution in [0.2, 0.25) is 0 Å². The average molecular weight is 441 g/mol. The van der Waals surface area contributed by atoms with Crippen molar-refractivity contribution in [1.29, 1.82) is 0 Å². The van der Waals surface area contributed by atoms with Crippen molar-refractivity contribution in [2.75, 3.05) is 4.90 Å². The number of carbonyl (C=O) groups excluding carboxylic acids is 1. The number of anilines is 1. The zero-order valence-electron chi connectivity index (χ0n) is 16.3. The molecule has 6 rings (SSSR count). The van der Waals surface area contributed by atoms with Gasteiger partial charge in [-0.3, -0.25) is 14.6 Å². The van der Waals surface area contributed by atoms with Crippen LogP contribution < -0.4 is 10.5 Å². The fourth-order valence-electron chi connectivity index (χ4n) is 4.82. The second-order valence-electron chi connectivity index (χ2n) is 7.87. The van der Waals surface area contributed by atoms with Crippen molar-refractivity contribution in [1.82, 2.24) is 9.55 Å². The highest BCUT2D eigenvalue weighted by Gasteiger charge is 2.57. The largest absolute Gasteiger partial charge is 0.464 e. The molecule has 7 nitrogen and oxygen atoms in total. The summed E-state index contributed by atoms with van der Waals surface area (Å²) >= 11 is 0. The number of amides is 1. The molecule has 2 aliphatic heterocycles.